The summed E-state index contributed by atoms with van der Waals surface area (Å²) >= 11 is 0. The summed E-state index contributed by atoms with van der Waals surface area (Å²) in [7, 11) is 0. The van der Waals surface area contributed by atoms with Gasteiger partial charge in [-0.05, 0) is 85.7 Å². The Bertz CT molecular complexity index is 2380. The van der Waals surface area contributed by atoms with E-state index in [0.717, 1.165) is 54.0 Å². The van der Waals surface area contributed by atoms with Gasteiger partial charge in [-0.2, -0.15) is 0 Å². The highest BCUT2D eigenvalue weighted by Crippen LogP contribution is 2.35. The van der Waals surface area contributed by atoms with Gasteiger partial charge in [0, 0.05) is 99.2 Å². The van der Waals surface area contributed by atoms with Crippen LogP contribution in [0.4, 0.5) is 23.7 Å². The van der Waals surface area contributed by atoms with E-state index >= 15 is 0 Å². The average Bonchev–Trinajstić information content (AvgIpc) is 3.72. The normalized spacial score (nSPS) is 19.1. The third kappa shape index (κ3) is 8.89. The van der Waals surface area contributed by atoms with E-state index in [4.69, 9.17) is 5.11 Å². The molecule has 3 aromatic carbocycles. The summed E-state index contributed by atoms with van der Waals surface area (Å²) < 4.78 is 44.4. The molecule has 3 saturated heterocycles. The smallest absolute Gasteiger partial charge is 0.465 e. The first-order valence-corrected chi connectivity index (χ1v) is 20.3. The maximum Gasteiger partial charge on any atom is 0.573 e. The Labute approximate surface area is 348 Å². The highest BCUT2D eigenvalue weighted by atomic mass is 19.4. The number of imide groups is 2. The van der Waals surface area contributed by atoms with Crippen LogP contribution >= 0.6 is 0 Å². The van der Waals surface area contributed by atoms with E-state index in [2.05, 4.69) is 25.2 Å². The van der Waals surface area contributed by atoms with Gasteiger partial charge in [-0.1, -0.05) is 12.1 Å². The zero-order chi connectivity index (χ0) is 43.0. The number of nitrogens with one attached hydrogen (secondary N) is 2. The van der Waals surface area contributed by atoms with Crippen molar-refractivity contribution >= 4 is 52.2 Å². The fourth-order valence-electron chi connectivity index (χ4n) is 8.84. The van der Waals surface area contributed by atoms with Crippen molar-refractivity contribution in [3.05, 3.63) is 83.6 Å². The Hall–Kier alpha value is -6.43. The molecule has 1 aromatic heterocycles. The first-order chi connectivity index (χ1) is 29.2. The number of ether oxygens (including phenoxy) is 1. The van der Waals surface area contributed by atoms with Crippen LogP contribution in [0.3, 0.4) is 0 Å². The lowest BCUT2D eigenvalue weighted by molar-refractivity contribution is -0.274. The average molecular weight is 844 g/mol. The van der Waals surface area contributed by atoms with Crippen molar-refractivity contribution in [2.75, 3.05) is 57.3 Å². The van der Waals surface area contributed by atoms with E-state index in [1.807, 2.05) is 33.9 Å². The number of anilines is 1. The van der Waals surface area contributed by atoms with Gasteiger partial charge in [0.25, 0.3) is 17.7 Å². The van der Waals surface area contributed by atoms with Crippen LogP contribution in [0.15, 0.2) is 66.9 Å². The Morgan fingerprint density at radius 3 is 2.25 bits per heavy atom. The van der Waals surface area contributed by atoms with Gasteiger partial charge in [0.15, 0.2) is 0 Å². The summed E-state index contributed by atoms with van der Waals surface area (Å²) in [6.45, 7) is 5.77. The number of aromatic nitrogens is 1. The van der Waals surface area contributed by atoms with Crippen LogP contribution in [0.25, 0.3) is 22.0 Å². The van der Waals surface area contributed by atoms with Crippen molar-refractivity contribution in [1.29, 1.82) is 0 Å². The molecule has 4 aromatic rings. The SMILES string of the molecule is O=C(O)NCCCn1cc(-c2ccc(OC(F)(F)F)cc2)c2cc(C(=O)N3CCC(CN4CCN(c5ccc6c(c5)C(=O)N(C5CCC(=O)NC5=O)C6=O)CC4)CC3)ccc21. The number of rotatable bonds is 11. The van der Waals surface area contributed by atoms with Crippen molar-refractivity contribution < 1.29 is 51.8 Å². The van der Waals surface area contributed by atoms with Crippen molar-refractivity contribution in [2.24, 2.45) is 5.92 Å². The Kier molecular flexibility index (Phi) is 11.5. The van der Waals surface area contributed by atoms with Crippen LogP contribution in [0.1, 0.15) is 63.2 Å². The Morgan fingerprint density at radius 1 is 0.836 bits per heavy atom. The standard InChI is InChI=1S/C43H44F3N7O8/c44-43(45,46)61-30-6-2-27(3-7-30)34-25-52(15-1-14-47-42(59)60)35-9-4-28(22-32(34)35)39(56)51-16-12-26(13-17-51)24-49-18-20-50(21-19-49)29-5-8-31-33(23-29)41(58)53(40(31)57)36-10-11-37(54)48-38(36)55/h2-9,22-23,25-26,36,47H,1,10-21,24H2,(H,59,60)(H,48,54,55). The molecule has 320 valence electrons. The molecule has 61 heavy (non-hydrogen) atoms. The number of carbonyl (C=O) groups is 6. The second-order valence-corrected chi connectivity index (χ2v) is 15.8. The van der Waals surface area contributed by atoms with Crippen molar-refractivity contribution in [2.45, 2.75) is 51.1 Å². The van der Waals surface area contributed by atoms with E-state index in [-0.39, 0.29) is 42.2 Å². The number of piperazine rings is 1. The molecule has 15 nitrogen and oxygen atoms in total. The molecule has 4 aliphatic heterocycles. The molecule has 0 aliphatic carbocycles. The van der Waals surface area contributed by atoms with Crippen LogP contribution in [0.2, 0.25) is 0 Å². The number of benzene rings is 3. The highest BCUT2D eigenvalue weighted by molar-refractivity contribution is 6.23. The molecule has 5 heterocycles. The van der Waals surface area contributed by atoms with Gasteiger partial charge < -0.3 is 29.5 Å². The predicted molar refractivity (Wildman–Crippen MR) is 215 cm³/mol. The molecule has 4 aliphatic rings. The summed E-state index contributed by atoms with van der Waals surface area (Å²) in [5.74, 6) is -2.20. The molecular formula is C43H44F3N7O8. The third-order valence-corrected chi connectivity index (χ3v) is 12.0. The van der Waals surface area contributed by atoms with Crippen LogP contribution in [-0.2, 0) is 16.1 Å². The molecule has 0 bridgehead atoms. The molecule has 0 spiro atoms. The maximum atomic E-state index is 13.9. The Morgan fingerprint density at radius 2 is 1.56 bits per heavy atom. The summed E-state index contributed by atoms with van der Waals surface area (Å²) in [6.07, 6.45) is -1.78. The maximum absolute atomic E-state index is 13.9. The molecular weight excluding hydrogens is 800 g/mol. The number of amides is 6. The number of carboxylic acid groups (broad SMARTS) is 1. The third-order valence-electron chi connectivity index (χ3n) is 12.0. The van der Waals surface area contributed by atoms with Gasteiger partial charge in [-0.15, -0.1) is 13.2 Å². The Balaban J connectivity index is 0.868. The predicted octanol–water partition coefficient (Wildman–Crippen LogP) is 4.94. The first-order valence-electron chi connectivity index (χ1n) is 20.3. The fourth-order valence-corrected chi connectivity index (χ4v) is 8.84. The van der Waals surface area contributed by atoms with Crippen molar-refractivity contribution in [3.8, 4) is 16.9 Å². The van der Waals surface area contributed by atoms with Gasteiger partial charge in [-0.25, -0.2) is 4.79 Å². The molecule has 3 fully saturated rings. The van der Waals surface area contributed by atoms with E-state index < -0.39 is 42.1 Å². The quantitative estimate of drug-likeness (QED) is 0.139. The largest absolute Gasteiger partial charge is 0.573 e. The number of hydrogen-bond acceptors (Lipinski definition) is 9. The molecule has 1 unspecified atom stereocenters. The second-order valence-electron chi connectivity index (χ2n) is 15.8. The minimum absolute atomic E-state index is 0.0577. The van der Waals surface area contributed by atoms with E-state index in [1.165, 1.54) is 24.3 Å². The van der Waals surface area contributed by atoms with Crippen LogP contribution in [0.5, 0.6) is 5.75 Å². The monoisotopic (exact) mass is 843 g/mol. The van der Waals surface area contributed by atoms with Crippen molar-refractivity contribution in [3.63, 3.8) is 0 Å². The molecule has 8 rings (SSSR count). The fraction of sp³-hybridized carbons (Fsp3) is 0.395. The lowest BCUT2D eigenvalue weighted by Crippen LogP contribution is -2.54. The number of likely N-dealkylation sites (tertiary alicyclic amines) is 1. The number of halogens is 3. The van der Waals surface area contributed by atoms with Crippen LogP contribution in [-0.4, -0.2) is 125 Å². The minimum atomic E-state index is -4.82. The van der Waals surface area contributed by atoms with E-state index in [1.54, 1.807) is 18.2 Å². The number of piperidine rings is 2. The highest BCUT2D eigenvalue weighted by Gasteiger charge is 2.45. The molecule has 0 saturated carbocycles. The van der Waals surface area contributed by atoms with Gasteiger partial charge in [0.05, 0.1) is 11.1 Å². The van der Waals surface area contributed by atoms with E-state index in [0.29, 0.717) is 61.8 Å². The van der Waals surface area contributed by atoms with Gasteiger partial charge in [-0.3, -0.25) is 39.1 Å². The van der Waals surface area contributed by atoms with Crippen molar-refractivity contribution in [1.82, 2.24) is 29.9 Å². The first kappa shape index (κ1) is 41.3. The summed E-state index contributed by atoms with van der Waals surface area (Å²) in [4.78, 5) is 82.8. The second kappa shape index (κ2) is 16.9. The molecule has 0 radical (unpaired) electrons. The lowest BCUT2D eigenvalue weighted by atomic mass is 9.95. The zero-order valence-electron chi connectivity index (χ0n) is 33.1. The molecule has 1 atom stereocenters. The molecule has 18 heteroatoms. The molecule has 6 amide bonds. The summed E-state index contributed by atoms with van der Waals surface area (Å²) in [5, 5.41) is 14.3. The summed E-state index contributed by atoms with van der Waals surface area (Å²) in [6, 6.07) is 15.1. The van der Waals surface area contributed by atoms with Gasteiger partial charge >= 0.3 is 12.5 Å². The van der Waals surface area contributed by atoms with Crippen LogP contribution < -0.4 is 20.3 Å². The zero-order valence-corrected chi connectivity index (χ0v) is 33.1. The van der Waals surface area contributed by atoms with Gasteiger partial charge in [0.1, 0.15) is 11.8 Å². The number of aryl methyl sites for hydroxylation is 1. The van der Waals surface area contributed by atoms with Gasteiger partial charge in [0.2, 0.25) is 11.8 Å². The minimum Gasteiger partial charge on any atom is -0.465 e. The molecule has 3 N–H and O–H groups in total. The number of carbonyl (C=O) groups excluding carboxylic acids is 5. The number of alkyl halides is 3. The lowest BCUT2D eigenvalue weighted by Gasteiger charge is -2.39. The number of fused-ring (bicyclic) bond motifs is 2. The van der Waals surface area contributed by atoms with E-state index in [9.17, 15) is 41.9 Å². The topological polar surface area (TPSA) is 174 Å². The summed E-state index contributed by atoms with van der Waals surface area (Å²) in [5.41, 5.74) is 3.96. The van der Waals surface area contributed by atoms with Crippen LogP contribution in [0, 0.1) is 5.92 Å². The number of nitrogens with zero attached hydrogens (tertiary/aromatic N) is 5. The number of hydrogen-bond donors (Lipinski definition) is 3.